The minimum absolute atomic E-state index is 0.309. The summed E-state index contributed by atoms with van der Waals surface area (Å²) in [6.45, 7) is 15.6. The molecule has 0 amide bonds. The Morgan fingerprint density at radius 2 is 1.75 bits per heavy atom. The van der Waals surface area contributed by atoms with Crippen molar-refractivity contribution in [2.24, 2.45) is 10.8 Å². The maximum Gasteiger partial charge on any atom is -0.00146 e. The van der Waals surface area contributed by atoms with Crippen LogP contribution in [-0.4, -0.2) is 0 Å². The van der Waals surface area contributed by atoms with Gasteiger partial charge in [-0.3, -0.25) is 0 Å². The first-order valence-corrected chi connectivity index (χ1v) is 6.68. The molecule has 0 saturated heterocycles. The van der Waals surface area contributed by atoms with Gasteiger partial charge in [0, 0.05) is 0 Å². The van der Waals surface area contributed by atoms with Crippen LogP contribution in [0.15, 0.2) is 34.6 Å². The third-order valence-corrected chi connectivity index (χ3v) is 4.92. The van der Waals surface area contributed by atoms with Crippen LogP contribution in [0.25, 0.3) is 5.57 Å². The monoisotopic (exact) mass is 232 g/mol. The minimum Gasteiger partial charge on any atom is -0.152 e. The van der Waals surface area contributed by atoms with Crippen molar-refractivity contribution < 1.29 is 0 Å². The smallest absolute Gasteiger partial charge is 0.00146 e. The van der Waals surface area contributed by atoms with Gasteiger partial charge in [-0.25, -0.2) is 0 Å². The molecule has 1 aromatic rings. The van der Waals surface area contributed by atoms with E-state index in [1.54, 1.807) is 16.9 Å². The van der Waals surface area contributed by atoms with Crippen LogP contribution in [0.5, 0.6) is 0 Å². The average Bonchev–Trinajstić information content (AvgIpc) is 2.62. The van der Waals surface area contributed by atoms with Gasteiger partial charge in [-0.05, 0) is 51.3 Å². The highest BCUT2D eigenvalue weighted by molar-refractivity contribution is 7.08. The Morgan fingerprint density at radius 3 is 2.06 bits per heavy atom. The third kappa shape index (κ3) is 1.41. The normalized spacial score (nSPS) is 20.7. The quantitative estimate of drug-likeness (QED) is 0.662. The highest BCUT2D eigenvalue weighted by Gasteiger charge is 2.61. The Labute approximate surface area is 103 Å². The fourth-order valence-electron chi connectivity index (χ4n) is 2.67. The molecule has 0 bridgehead atoms. The molecule has 0 spiro atoms. The summed E-state index contributed by atoms with van der Waals surface area (Å²) in [7, 11) is 0. The topological polar surface area (TPSA) is 0 Å². The number of hydrogen-bond donors (Lipinski definition) is 0. The molecule has 16 heavy (non-hydrogen) atoms. The number of hydrogen-bond acceptors (Lipinski definition) is 1. The van der Waals surface area contributed by atoms with Crippen LogP contribution in [0, 0.1) is 10.8 Å². The summed E-state index contributed by atoms with van der Waals surface area (Å²) >= 11 is 1.76. The lowest BCUT2D eigenvalue weighted by molar-refractivity contribution is 0.457. The molecule has 1 fully saturated rings. The predicted molar refractivity (Wildman–Crippen MR) is 73.6 cm³/mol. The second-order valence-electron chi connectivity index (χ2n) is 5.79. The first kappa shape index (κ1) is 11.7. The molecular weight excluding hydrogens is 212 g/mol. The van der Waals surface area contributed by atoms with E-state index >= 15 is 0 Å². The van der Waals surface area contributed by atoms with Crippen molar-refractivity contribution in [1.29, 1.82) is 0 Å². The molecule has 0 atom stereocenters. The summed E-state index contributed by atoms with van der Waals surface area (Å²) in [6.07, 6.45) is 0. The van der Waals surface area contributed by atoms with Crippen molar-refractivity contribution >= 4 is 16.9 Å². The van der Waals surface area contributed by atoms with Crippen LogP contribution in [0.2, 0.25) is 0 Å². The SMILES string of the molecule is C=C(C)C(=C1C(C)(C)C1(C)C)c1ccsc1. The van der Waals surface area contributed by atoms with Crippen molar-refractivity contribution in [3.8, 4) is 0 Å². The lowest BCUT2D eigenvalue weighted by atomic mass is 9.99. The van der Waals surface area contributed by atoms with E-state index < -0.39 is 0 Å². The molecule has 1 heterocycles. The standard InChI is InChI=1S/C15H20S/c1-10(2)12(11-7-8-16-9-11)13-14(3,4)15(13,5)6/h7-9H,1H2,2-6H3. The Bertz CT molecular complexity index is 440. The molecule has 1 heteroatoms. The van der Waals surface area contributed by atoms with E-state index in [0.29, 0.717) is 10.8 Å². The van der Waals surface area contributed by atoms with Gasteiger partial charge in [-0.2, -0.15) is 11.3 Å². The Morgan fingerprint density at radius 1 is 1.19 bits per heavy atom. The number of thiophene rings is 1. The number of allylic oxidation sites excluding steroid dienone is 3. The van der Waals surface area contributed by atoms with E-state index in [1.165, 1.54) is 16.7 Å². The van der Waals surface area contributed by atoms with Gasteiger partial charge in [0.05, 0.1) is 0 Å². The van der Waals surface area contributed by atoms with Crippen molar-refractivity contribution in [1.82, 2.24) is 0 Å². The number of rotatable bonds is 2. The van der Waals surface area contributed by atoms with Crippen LogP contribution < -0.4 is 0 Å². The molecule has 2 rings (SSSR count). The van der Waals surface area contributed by atoms with Gasteiger partial charge in [-0.1, -0.05) is 39.8 Å². The fraction of sp³-hybridized carbons (Fsp3) is 0.467. The third-order valence-electron chi connectivity index (χ3n) is 4.24. The molecule has 0 aliphatic heterocycles. The van der Waals surface area contributed by atoms with Gasteiger partial charge in [0.2, 0.25) is 0 Å². The average molecular weight is 232 g/mol. The van der Waals surface area contributed by atoms with Gasteiger partial charge >= 0.3 is 0 Å². The van der Waals surface area contributed by atoms with Crippen LogP contribution in [0.1, 0.15) is 40.2 Å². The van der Waals surface area contributed by atoms with Crippen LogP contribution >= 0.6 is 11.3 Å². The van der Waals surface area contributed by atoms with E-state index in [0.717, 1.165) is 0 Å². The summed E-state index contributed by atoms with van der Waals surface area (Å²) in [5, 5.41) is 4.36. The fourth-order valence-corrected chi connectivity index (χ4v) is 3.31. The van der Waals surface area contributed by atoms with Gasteiger partial charge in [0.1, 0.15) is 0 Å². The van der Waals surface area contributed by atoms with Crippen LogP contribution in [0.3, 0.4) is 0 Å². The van der Waals surface area contributed by atoms with Crippen molar-refractivity contribution in [3.63, 3.8) is 0 Å². The first-order valence-electron chi connectivity index (χ1n) is 5.74. The molecule has 0 N–H and O–H groups in total. The Balaban J connectivity index is 2.61. The van der Waals surface area contributed by atoms with Gasteiger partial charge < -0.3 is 0 Å². The zero-order chi connectivity index (χ0) is 12.1. The minimum atomic E-state index is 0.309. The highest BCUT2D eigenvalue weighted by Crippen LogP contribution is 2.70. The molecule has 0 radical (unpaired) electrons. The van der Waals surface area contributed by atoms with E-state index in [1.807, 2.05) is 0 Å². The summed E-state index contributed by atoms with van der Waals surface area (Å²) < 4.78 is 0. The van der Waals surface area contributed by atoms with Gasteiger partial charge in [0.25, 0.3) is 0 Å². The second-order valence-corrected chi connectivity index (χ2v) is 6.57. The van der Waals surface area contributed by atoms with Crippen LogP contribution in [-0.2, 0) is 0 Å². The molecule has 1 aromatic heterocycles. The second kappa shape index (κ2) is 3.33. The lowest BCUT2D eigenvalue weighted by Gasteiger charge is -2.06. The van der Waals surface area contributed by atoms with Gasteiger partial charge in [-0.15, -0.1) is 0 Å². The zero-order valence-corrected chi connectivity index (χ0v) is 11.7. The summed E-state index contributed by atoms with van der Waals surface area (Å²) in [5.74, 6) is 0. The molecule has 0 aromatic carbocycles. The Kier molecular flexibility index (Phi) is 2.43. The first-order chi connectivity index (χ1) is 7.30. The molecule has 86 valence electrons. The largest absolute Gasteiger partial charge is 0.152 e. The van der Waals surface area contributed by atoms with Gasteiger partial charge in [0.15, 0.2) is 0 Å². The molecule has 0 unspecified atom stereocenters. The maximum atomic E-state index is 4.15. The summed E-state index contributed by atoms with van der Waals surface area (Å²) in [6, 6.07) is 2.20. The van der Waals surface area contributed by atoms with Crippen molar-refractivity contribution in [3.05, 3.63) is 40.1 Å². The van der Waals surface area contributed by atoms with E-state index in [2.05, 4.69) is 58.0 Å². The molecular formula is C15H20S. The van der Waals surface area contributed by atoms with E-state index in [-0.39, 0.29) is 0 Å². The van der Waals surface area contributed by atoms with Crippen molar-refractivity contribution in [2.75, 3.05) is 0 Å². The summed E-state index contributed by atoms with van der Waals surface area (Å²) in [5.41, 5.74) is 6.09. The lowest BCUT2D eigenvalue weighted by Crippen LogP contribution is -1.95. The molecule has 1 aliphatic carbocycles. The summed E-state index contributed by atoms with van der Waals surface area (Å²) in [4.78, 5) is 0. The molecule has 0 nitrogen and oxygen atoms in total. The highest BCUT2D eigenvalue weighted by atomic mass is 32.1. The maximum absolute atomic E-state index is 4.15. The van der Waals surface area contributed by atoms with Crippen LogP contribution in [0.4, 0.5) is 0 Å². The molecule has 1 saturated carbocycles. The predicted octanol–water partition coefficient (Wildman–Crippen LogP) is 5.14. The van der Waals surface area contributed by atoms with E-state index in [9.17, 15) is 0 Å². The van der Waals surface area contributed by atoms with Crippen molar-refractivity contribution in [2.45, 2.75) is 34.6 Å². The molecule has 1 aliphatic rings. The zero-order valence-electron chi connectivity index (χ0n) is 10.8. The van der Waals surface area contributed by atoms with E-state index in [4.69, 9.17) is 0 Å². The Hall–Kier alpha value is -0.820.